The van der Waals surface area contributed by atoms with Gasteiger partial charge in [0.15, 0.2) is 0 Å². The quantitative estimate of drug-likeness (QED) is 0.756. The second-order valence-electron chi connectivity index (χ2n) is 4.25. The van der Waals surface area contributed by atoms with Crippen molar-refractivity contribution >= 4 is 0 Å². The Hall–Kier alpha value is -1.16. The molecule has 1 rings (SSSR count). The molecular formula is C13H22N2O2. The molecule has 0 bridgehead atoms. The fraction of sp³-hybridized carbons (Fsp3) is 0.692. The molecule has 0 radical (unpaired) electrons. The molecule has 0 fully saturated rings. The second-order valence-corrected chi connectivity index (χ2v) is 4.25. The molecule has 1 atom stereocenters. The minimum absolute atomic E-state index is 0.0820. The van der Waals surface area contributed by atoms with Crippen molar-refractivity contribution in [3.63, 3.8) is 0 Å². The molecule has 0 spiro atoms. The predicted molar refractivity (Wildman–Crippen MR) is 66.8 cm³/mol. The molecule has 4 heteroatoms. The molecule has 0 amide bonds. The van der Waals surface area contributed by atoms with E-state index < -0.39 is 0 Å². The van der Waals surface area contributed by atoms with Gasteiger partial charge in [-0.1, -0.05) is 33.1 Å². The van der Waals surface area contributed by atoms with Crippen molar-refractivity contribution in [2.45, 2.75) is 46.1 Å². The van der Waals surface area contributed by atoms with Crippen LogP contribution in [0.1, 0.15) is 45.2 Å². The van der Waals surface area contributed by atoms with Gasteiger partial charge in [-0.05, 0) is 18.4 Å². The molecule has 0 saturated carbocycles. The number of aliphatic hydroxyl groups is 1. The molecule has 96 valence electrons. The second kappa shape index (κ2) is 8.01. The third-order valence-corrected chi connectivity index (χ3v) is 2.87. The van der Waals surface area contributed by atoms with Crippen LogP contribution in [0.25, 0.3) is 0 Å². The first-order chi connectivity index (χ1) is 8.30. The van der Waals surface area contributed by atoms with Crippen molar-refractivity contribution in [3.05, 3.63) is 17.8 Å². The highest BCUT2D eigenvalue weighted by atomic mass is 16.5. The van der Waals surface area contributed by atoms with Crippen LogP contribution in [0.2, 0.25) is 0 Å². The van der Waals surface area contributed by atoms with E-state index in [1.165, 1.54) is 19.3 Å². The van der Waals surface area contributed by atoms with E-state index in [1.807, 2.05) is 0 Å². The highest BCUT2D eigenvalue weighted by Crippen LogP contribution is 2.14. The fourth-order valence-corrected chi connectivity index (χ4v) is 1.61. The van der Waals surface area contributed by atoms with Crippen molar-refractivity contribution in [2.75, 3.05) is 6.61 Å². The van der Waals surface area contributed by atoms with Gasteiger partial charge in [0.2, 0.25) is 5.88 Å². The van der Waals surface area contributed by atoms with Gasteiger partial charge in [0.05, 0.1) is 18.9 Å². The largest absolute Gasteiger partial charge is 0.476 e. The van der Waals surface area contributed by atoms with Crippen LogP contribution in [0.5, 0.6) is 5.88 Å². The lowest BCUT2D eigenvalue weighted by atomic mass is 10.0. The molecule has 0 aliphatic heterocycles. The number of aliphatic hydroxyl groups excluding tert-OH is 1. The maximum absolute atomic E-state index is 8.84. The topological polar surface area (TPSA) is 55.2 Å². The molecule has 1 N–H and O–H groups in total. The summed E-state index contributed by atoms with van der Waals surface area (Å²) in [6.07, 6.45) is 4.80. The lowest BCUT2D eigenvalue weighted by Crippen LogP contribution is -2.12. The van der Waals surface area contributed by atoms with Gasteiger partial charge in [-0.25, -0.2) is 0 Å². The molecular weight excluding hydrogens is 216 g/mol. The molecule has 0 saturated heterocycles. The van der Waals surface area contributed by atoms with Crippen LogP contribution < -0.4 is 4.74 Å². The van der Waals surface area contributed by atoms with E-state index in [0.29, 0.717) is 24.1 Å². The normalized spacial score (nSPS) is 12.4. The molecule has 1 aromatic heterocycles. The minimum atomic E-state index is -0.0820. The zero-order valence-corrected chi connectivity index (χ0v) is 10.7. The molecule has 4 nitrogen and oxygen atoms in total. The SMILES string of the molecule is CCCCC(CC)COc1ccc(CO)nn1. The van der Waals surface area contributed by atoms with Gasteiger partial charge in [-0.15, -0.1) is 10.2 Å². The van der Waals surface area contributed by atoms with Gasteiger partial charge in [0.1, 0.15) is 0 Å². The highest BCUT2D eigenvalue weighted by Gasteiger charge is 2.07. The van der Waals surface area contributed by atoms with E-state index in [2.05, 4.69) is 24.0 Å². The van der Waals surface area contributed by atoms with Crippen molar-refractivity contribution < 1.29 is 9.84 Å². The van der Waals surface area contributed by atoms with Gasteiger partial charge in [-0.3, -0.25) is 0 Å². The van der Waals surface area contributed by atoms with Gasteiger partial charge in [-0.2, -0.15) is 0 Å². The van der Waals surface area contributed by atoms with Crippen molar-refractivity contribution in [3.8, 4) is 5.88 Å². The van der Waals surface area contributed by atoms with Gasteiger partial charge in [0.25, 0.3) is 0 Å². The minimum Gasteiger partial charge on any atom is -0.476 e. The Bertz CT molecular complexity index is 301. The molecule has 0 aromatic carbocycles. The third kappa shape index (κ3) is 5.13. The van der Waals surface area contributed by atoms with Gasteiger partial charge in [0, 0.05) is 6.07 Å². The number of hydrogen-bond acceptors (Lipinski definition) is 4. The van der Waals surface area contributed by atoms with Crippen LogP contribution in [-0.2, 0) is 6.61 Å². The van der Waals surface area contributed by atoms with Crippen molar-refractivity contribution in [2.24, 2.45) is 5.92 Å². The summed E-state index contributed by atoms with van der Waals surface area (Å²) in [6, 6.07) is 3.49. The maximum atomic E-state index is 8.84. The molecule has 1 aromatic rings. The van der Waals surface area contributed by atoms with E-state index in [-0.39, 0.29) is 6.61 Å². The zero-order chi connectivity index (χ0) is 12.5. The first-order valence-electron chi connectivity index (χ1n) is 6.36. The Morgan fingerprint density at radius 2 is 2.12 bits per heavy atom. The number of nitrogens with zero attached hydrogens (tertiary/aromatic N) is 2. The smallest absolute Gasteiger partial charge is 0.233 e. The summed E-state index contributed by atoms with van der Waals surface area (Å²) in [7, 11) is 0. The van der Waals surface area contributed by atoms with E-state index in [4.69, 9.17) is 9.84 Å². The molecule has 0 aliphatic rings. The average molecular weight is 238 g/mol. The summed E-state index contributed by atoms with van der Waals surface area (Å²) in [5.41, 5.74) is 0.565. The predicted octanol–water partition coefficient (Wildman–Crippen LogP) is 2.56. The number of rotatable bonds is 8. The van der Waals surface area contributed by atoms with Crippen molar-refractivity contribution in [1.82, 2.24) is 10.2 Å². The number of hydrogen-bond donors (Lipinski definition) is 1. The first kappa shape index (κ1) is 13.9. The van der Waals surface area contributed by atoms with E-state index in [9.17, 15) is 0 Å². The van der Waals surface area contributed by atoms with Crippen LogP contribution >= 0.6 is 0 Å². The first-order valence-corrected chi connectivity index (χ1v) is 6.36. The highest BCUT2D eigenvalue weighted by molar-refractivity contribution is 5.10. The van der Waals surface area contributed by atoms with Crippen molar-refractivity contribution in [1.29, 1.82) is 0 Å². The van der Waals surface area contributed by atoms with E-state index in [0.717, 1.165) is 6.42 Å². The molecule has 1 heterocycles. The number of unbranched alkanes of at least 4 members (excludes halogenated alkanes) is 1. The van der Waals surface area contributed by atoms with Crippen LogP contribution in [0.3, 0.4) is 0 Å². The van der Waals surface area contributed by atoms with Gasteiger partial charge >= 0.3 is 0 Å². The molecule has 17 heavy (non-hydrogen) atoms. The third-order valence-electron chi connectivity index (χ3n) is 2.87. The van der Waals surface area contributed by atoms with Gasteiger partial charge < -0.3 is 9.84 Å². The Labute approximate surface area is 103 Å². The summed E-state index contributed by atoms with van der Waals surface area (Å²) in [4.78, 5) is 0. The van der Waals surface area contributed by atoms with E-state index >= 15 is 0 Å². The van der Waals surface area contributed by atoms with Crippen LogP contribution in [0, 0.1) is 5.92 Å². The lowest BCUT2D eigenvalue weighted by molar-refractivity contribution is 0.222. The Kier molecular flexibility index (Phi) is 6.55. The van der Waals surface area contributed by atoms with Crippen LogP contribution in [0.15, 0.2) is 12.1 Å². The Morgan fingerprint density at radius 1 is 1.29 bits per heavy atom. The van der Waals surface area contributed by atoms with E-state index in [1.54, 1.807) is 12.1 Å². The summed E-state index contributed by atoms with van der Waals surface area (Å²) in [6.45, 7) is 5.00. The maximum Gasteiger partial charge on any atom is 0.233 e. The number of aromatic nitrogens is 2. The summed E-state index contributed by atoms with van der Waals surface area (Å²) < 4.78 is 5.60. The molecule has 1 unspecified atom stereocenters. The fourth-order valence-electron chi connectivity index (χ4n) is 1.61. The lowest BCUT2D eigenvalue weighted by Gasteiger charge is -2.14. The Balaban J connectivity index is 2.36. The number of ether oxygens (including phenoxy) is 1. The summed E-state index contributed by atoms with van der Waals surface area (Å²) in [5, 5.41) is 16.6. The molecule has 0 aliphatic carbocycles. The average Bonchev–Trinajstić information content (AvgIpc) is 2.39. The van der Waals surface area contributed by atoms with Crippen LogP contribution in [-0.4, -0.2) is 21.9 Å². The monoisotopic (exact) mass is 238 g/mol. The summed E-state index contributed by atoms with van der Waals surface area (Å²) in [5.74, 6) is 1.13. The standard InChI is InChI=1S/C13H22N2O2/c1-3-5-6-11(4-2)10-17-13-8-7-12(9-16)14-15-13/h7-8,11,16H,3-6,9-10H2,1-2H3. The summed E-state index contributed by atoms with van der Waals surface area (Å²) >= 11 is 0. The van der Waals surface area contributed by atoms with Crippen LogP contribution in [0.4, 0.5) is 0 Å². The zero-order valence-electron chi connectivity index (χ0n) is 10.7. The Morgan fingerprint density at radius 3 is 2.65 bits per heavy atom.